The quantitative estimate of drug-likeness (QED) is 0.0724. The number of carbonyl (C=O) groups is 4. The average molecular weight is 516 g/mol. The molecule has 1 aromatic carbocycles. The highest BCUT2D eigenvalue weighted by molar-refractivity contribution is 5.93. The molecule has 2 aromatic rings. The van der Waals surface area contributed by atoms with E-state index in [-0.39, 0.29) is 38.3 Å². The van der Waals surface area contributed by atoms with Crippen molar-refractivity contribution in [3.8, 4) is 0 Å². The van der Waals surface area contributed by atoms with Crippen LogP contribution in [0.2, 0.25) is 0 Å². The summed E-state index contributed by atoms with van der Waals surface area (Å²) in [6.45, 7) is -0.130. The van der Waals surface area contributed by atoms with Gasteiger partial charge in [0.2, 0.25) is 17.7 Å². The van der Waals surface area contributed by atoms with Gasteiger partial charge >= 0.3 is 5.97 Å². The van der Waals surface area contributed by atoms with Crippen LogP contribution >= 0.6 is 0 Å². The molecule has 0 fully saturated rings. The summed E-state index contributed by atoms with van der Waals surface area (Å²) in [6, 6.07) is 5.57. The zero-order valence-electron chi connectivity index (χ0n) is 20.2. The molecular weight excluding hydrogens is 482 g/mol. The van der Waals surface area contributed by atoms with Crippen LogP contribution in [0, 0.1) is 0 Å². The number of carboxylic acids is 1. The highest BCUT2D eigenvalue weighted by atomic mass is 16.4. The Hall–Kier alpha value is -4.46. The van der Waals surface area contributed by atoms with E-state index in [0.717, 1.165) is 5.56 Å². The van der Waals surface area contributed by atoms with Gasteiger partial charge in [0.05, 0.1) is 12.9 Å². The van der Waals surface area contributed by atoms with Crippen LogP contribution in [0.3, 0.4) is 0 Å². The molecule has 0 aliphatic carbocycles. The smallest absolute Gasteiger partial charge is 0.326 e. The summed E-state index contributed by atoms with van der Waals surface area (Å²) >= 11 is 0. The molecule has 11 N–H and O–H groups in total. The normalized spacial score (nSPS) is 13.0. The molecular formula is C23H33N9O5. The van der Waals surface area contributed by atoms with E-state index in [1.165, 1.54) is 12.5 Å². The molecule has 3 atom stereocenters. The van der Waals surface area contributed by atoms with Crippen molar-refractivity contribution in [2.75, 3.05) is 13.1 Å². The first-order chi connectivity index (χ1) is 17.7. The van der Waals surface area contributed by atoms with Gasteiger partial charge in [0.15, 0.2) is 5.96 Å². The van der Waals surface area contributed by atoms with Gasteiger partial charge in [0.25, 0.3) is 0 Å². The fourth-order valence-corrected chi connectivity index (χ4v) is 3.44. The molecule has 0 aliphatic heterocycles. The Bertz CT molecular complexity index is 1060. The fraction of sp³-hybridized carbons (Fsp3) is 0.391. The minimum atomic E-state index is -1.25. The molecule has 0 bridgehead atoms. The van der Waals surface area contributed by atoms with Crippen LogP contribution in [0.1, 0.15) is 24.1 Å². The molecule has 1 aromatic heterocycles. The molecule has 0 saturated heterocycles. The molecule has 37 heavy (non-hydrogen) atoms. The van der Waals surface area contributed by atoms with Crippen LogP contribution < -0.4 is 33.2 Å². The number of nitrogens with one attached hydrogen (secondary N) is 4. The summed E-state index contributed by atoms with van der Waals surface area (Å²) in [6.07, 6.45) is 3.41. The number of aromatic amines is 1. The van der Waals surface area contributed by atoms with Crippen molar-refractivity contribution in [1.82, 2.24) is 25.9 Å². The number of amides is 3. The van der Waals surface area contributed by atoms with Gasteiger partial charge in [0.1, 0.15) is 18.1 Å². The van der Waals surface area contributed by atoms with Crippen LogP contribution in [0.5, 0.6) is 0 Å². The Kier molecular flexibility index (Phi) is 11.5. The summed E-state index contributed by atoms with van der Waals surface area (Å²) in [7, 11) is 0. The Balaban J connectivity index is 2.17. The lowest BCUT2D eigenvalue weighted by Crippen LogP contribution is -2.57. The number of imidazole rings is 1. The van der Waals surface area contributed by atoms with E-state index in [1.807, 2.05) is 6.07 Å². The van der Waals surface area contributed by atoms with Crippen molar-refractivity contribution in [2.24, 2.45) is 22.2 Å². The van der Waals surface area contributed by atoms with Gasteiger partial charge in [-0.1, -0.05) is 30.3 Å². The first-order valence-electron chi connectivity index (χ1n) is 11.6. The van der Waals surface area contributed by atoms with Crippen molar-refractivity contribution < 1.29 is 24.3 Å². The van der Waals surface area contributed by atoms with Gasteiger partial charge in [-0.15, -0.1) is 0 Å². The number of rotatable bonds is 15. The molecule has 14 nitrogen and oxygen atoms in total. The number of aliphatic carboxylic acids is 1. The molecule has 2 rings (SSSR count). The SMILES string of the molecule is NCC(=O)NC(Cc1ccccc1)C(=O)NC(Cc1cnc[nH]1)C(=O)NC(CCCN=C(N)N)C(=O)O. The first kappa shape index (κ1) is 28.8. The van der Waals surface area contributed by atoms with Gasteiger partial charge in [-0.3, -0.25) is 19.4 Å². The molecule has 0 saturated carbocycles. The van der Waals surface area contributed by atoms with Gasteiger partial charge in [-0.05, 0) is 18.4 Å². The predicted molar refractivity (Wildman–Crippen MR) is 135 cm³/mol. The van der Waals surface area contributed by atoms with Crippen LogP contribution in [-0.4, -0.2) is 75.9 Å². The highest BCUT2D eigenvalue weighted by Gasteiger charge is 2.30. The zero-order valence-corrected chi connectivity index (χ0v) is 20.2. The largest absolute Gasteiger partial charge is 0.480 e. The Morgan fingerprint density at radius 1 is 0.973 bits per heavy atom. The average Bonchev–Trinajstić information content (AvgIpc) is 3.38. The predicted octanol–water partition coefficient (Wildman–Crippen LogP) is -2.25. The second-order valence-corrected chi connectivity index (χ2v) is 8.20. The minimum absolute atomic E-state index is 0.000799. The van der Waals surface area contributed by atoms with Crippen molar-refractivity contribution in [2.45, 2.75) is 43.8 Å². The Morgan fingerprint density at radius 3 is 2.19 bits per heavy atom. The van der Waals surface area contributed by atoms with Gasteiger partial charge in [0, 0.05) is 31.3 Å². The first-order valence-corrected chi connectivity index (χ1v) is 11.6. The molecule has 200 valence electrons. The zero-order chi connectivity index (χ0) is 27.2. The number of H-pyrrole nitrogens is 1. The molecule has 0 spiro atoms. The third kappa shape index (κ3) is 10.4. The standard InChI is InChI=1S/C23H33N9O5/c24-11-19(33)30-17(9-14-5-2-1-3-6-14)20(34)32-18(10-15-12-27-13-29-15)21(35)31-16(22(36)37)7-4-8-28-23(25)26/h1-3,5-6,12-13,16-18H,4,7-11,24H2,(H,27,29)(H,30,33)(H,31,35)(H,32,34)(H,36,37)(H4,25,26,28). The summed E-state index contributed by atoms with van der Waals surface area (Å²) < 4.78 is 0. The second-order valence-electron chi connectivity index (χ2n) is 8.20. The maximum Gasteiger partial charge on any atom is 0.326 e. The van der Waals surface area contributed by atoms with Crippen LogP contribution in [0.25, 0.3) is 0 Å². The number of benzene rings is 1. The number of hydrogen-bond acceptors (Lipinski definition) is 7. The maximum absolute atomic E-state index is 13.2. The van der Waals surface area contributed by atoms with E-state index in [1.54, 1.807) is 24.3 Å². The number of hydrogen-bond donors (Lipinski definition) is 8. The third-order valence-corrected chi connectivity index (χ3v) is 5.29. The second kappa shape index (κ2) is 14.8. The number of aromatic nitrogens is 2. The van der Waals surface area contributed by atoms with E-state index in [9.17, 15) is 24.3 Å². The fourth-order valence-electron chi connectivity index (χ4n) is 3.44. The van der Waals surface area contributed by atoms with E-state index >= 15 is 0 Å². The molecule has 0 radical (unpaired) electrons. The molecule has 1 heterocycles. The monoisotopic (exact) mass is 515 g/mol. The third-order valence-electron chi connectivity index (χ3n) is 5.29. The lowest BCUT2D eigenvalue weighted by molar-refractivity contribution is -0.142. The van der Waals surface area contributed by atoms with Crippen molar-refractivity contribution in [3.05, 3.63) is 54.1 Å². The van der Waals surface area contributed by atoms with Crippen LogP contribution in [0.15, 0.2) is 47.8 Å². The van der Waals surface area contributed by atoms with Crippen molar-refractivity contribution in [3.63, 3.8) is 0 Å². The minimum Gasteiger partial charge on any atom is -0.480 e. The number of carbonyl (C=O) groups excluding carboxylic acids is 3. The Morgan fingerprint density at radius 2 is 1.62 bits per heavy atom. The lowest BCUT2D eigenvalue weighted by atomic mass is 10.0. The maximum atomic E-state index is 13.2. The van der Waals surface area contributed by atoms with Gasteiger partial charge in [-0.25, -0.2) is 9.78 Å². The van der Waals surface area contributed by atoms with E-state index in [4.69, 9.17) is 17.2 Å². The van der Waals surface area contributed by atoms with Gasteiger partial charge < -0.3 is 43.2 Å². The molecule has 3 unspecified atom stereocenters. The molecule has 0 aliphatic rings. The Labute approximate surface area is 213 Å². The lowest BCUT2D eigenvalue weighted by Gasteiger charge is -2.24. The van der Waals surface area contributed by atoms with Crippen molar-refractivity contribution in [1.29, 1.82) is 0 Å². The van der Waals surface area contributed by atoms with E-state index in [2.05, 4.69) is 30.9 Å². The van der Waals surface area contributed by atoms with Gasteiger partial charge in [-0.2, -0.15) is 0 Å². The van der Waals surface area contributed by atoms with E-state index in [0.29, 0.717) is 12.1 Å². The van der Waals surface area contributed by atoms with Crippen LogP contribution in [0.4, 0.5) is 0 Å². The molecule has 14 heteroatoms. The number of guanidine groups is 1. The topological polar surface area (TPSA) is 244 Å². The summed E-state index contributed by atoms with van der Waals surface area (Å²) in [5.74, 6) is -3.27. The number of carboxylic acid groups (broad SMARTS) is 1. The summed E-state index contributed by atoms with van der Waals surface area (Å²) in [5.41, 5.74) is 17.3. The number of aliphatic imine (C=N–C) groups is 1. The molecule has 3 amide bonds. The van der Waals surface area contributed by atoms with Crippen molar-refractivity contribution >= 4 is 29.7 Å². The van der Waals surface area contributed by atoms with E-state index < -0.39 is 41.8 Å². The van der Waals surface area contributed by atoms with Crippen LogP contribution in [-0.2, 0) is 32.0 Å². The summed E-state index contributed by atoms with van der Waals surface area (Å²) in [5, 5.41) is 17.2. The number of nitrogens with zero attached hydrogens (tertiary/aromatic N) is 2. The number of nitrogens with two attached hydrogens (primary N) is 3. The summed E-state index contributed by atoms with van der Waals surface area (Å²) in [4.78, 5) is 60.6. The highest BCUT2D eigenvalue weighted by Crippen LogP contribution is 2.07.